The van der Waals surface area contributed by atoms with Crippen molar-refractivity contribution < 1.29 is 34.5 Å². The Morgan fingerprint density at radius 1 is 1.27 bits per heavy atom. The van der Waals surface area contributed by atoms with Gasteiger partial charge in [-0.25, -0.2) is 19.7 Å². The van der Waals surface area contributed by atoms with Gasteiger partial charge in [-0.2, -0.15) is 0 Å². The van der Waals surface area contributed by atoms with Crippen LogP contribution in [0.1, 0.15) is 5.82 Å². The molecule has 0 bridgehead atoms. The van der Waals surface area contributed by atoms with Crippen molar-refractivity contribution in [2.75, 3.05) is 22.1 Å². The molecule has 2 aromatic heterocycles. The van der Waals surface area contributed by atoms with E-state index < -0.39 is 29.2 Å². The Labute approximate surface area is 238 Å². The molecule has 3 aromatic rings. The van der Waals surface area contributed by atoms with E-state index in [0.29, 0.717) is 27.6 Å². The number of thioether (sulfide) groups is 2. The van der Waals surface area contributed by atoms with Gasteiger partial charge in [-0.15, -0.1) is 34.9 Å². The minimum atomic E-state index is -1.30. The number of aliphatic carboxylic acids is 1. The lowest BCUT2D eigenvalue weighted by Gasteiger charge is -2.52. The number of hydrogen-bond acceptors (Lipinski definition) is 13. The summed E-state index contributed by atoms with van der Waals surface area (Å²) in [7, 11) is 0. The van der Waals surface area contributed by atoms with Crippen molar-refractivity contribution in [3.05, 3.63) is 46.9 Å². The number of aldehydes is 1. The smallest absolute Gasteiger partial charge is 0.352 e. The number of phenolic OH excluding ortho intramolecular Hbond substituents is 2. The van der Waals surface area contributed by atoms with Crippen LogP contribution in [0, 0.1) is 6.92 Å². The second-order valence-electron chi connectivity index (χ2n) is 8.61. The molecule has 0 radical (unpaired) electrons. The number of amides is 2. The van der Waals surface area contributed by atoms with E-state index >= 15 is 0 Å². The lowest BCUT2D eigenvalue weighted by atomic mass is 10.0. The predicted octanol–water partition coefficient (Wildman–Crippen LogP) is 1.85. The van der Waals surface area contributed by atoms with Gasteiger partial charge in [-0.3, -0.25) is 24.2 Å². The number of carbonyl (C=O) groups excluding carboxylic acids is 3. The van der Waals surface area contributed by atoms with Crippen molar-refractivity contribution in [1.29, 1.82) is 0 Å². The topological polar surface area (TPSA) is 200 Å². The van der Waals surface area contributed by atoms with Gasteiger partial charge >= 0.3 is 5.97 Å². The summed E-state index contributed by atoms with van der Waals surface area (Å²) in [4.78, 5) is 64.3. The highest BCUT2D eigenvalue weighted by molar-refractivity contribution is 8.01. The number of phenols is 2. The molecule has 2 aliphatic rings. The number of rotatable bonds is 8. The number of carboxylic acids is 1. The van der Waals surface area contributed by atoms with Crippen LogP contribution in [0.2, 0.25) is 0 Å². The molecule has 5 N–H and O–H groups in total. The number of hydrogen-bond donors (Lipinski definition) is 4. The third-order valence-corrected chi connectivity index (χ3v) is 9.20. The van der Waals surface area contributed by atoms with Gasteiger partial charge < -0.3 is 21.1 Å². The van der Waals surface area contributed by atoms with Gasteiger partial charge in [0.15, 0.2) is 16.6 Å². The van der Waals surface area contributed by atoms with E-state index in [0.717, 1.165) is 21.1 Å². The number of β-lactam (4-membered cyclic amide) rings is 1. The second-order valence-corrected chi connectivity index (χ2v) is 11.6. The maximum Gasteiger partial charge on any atom is 0.352 e. The molecule has 2 aliphatic heterocycles. The van der Waals surface area contributed by atoms with E-state index in [1.54, 1.807) is 19.2 Å². The summed E-state index contributed by atoms with van der Waals surface area (Å²) >= 11 is 3.54. The molecule has 1 fully saturated rings. The van der Waals surface area contributed by atoms with Crippen LogP contribution in [-0.4, -0.2) is 82.2 Å². The van der Waals surface area contributed by atoms with Gasteiger partial charge in [-0.1, -0.05) is 6.07 Å². The van der Waals surface area contributed by atoms with E-state index in [1.807, 2.05) is 0 Å². The average molecular weight is 601 g/mol. The van der Waals surface area contributed by atoms with Crippen LogP contribution in [0.15, 0.2) is 46.1 Å². The highest BCUT2D eigenvalue weighted by atomic mass is 32.2. The maximum absolute atomic E-state index is 13.3. The zero-order chi connectivity index (χ0) is 28.7. The quantitative estimate of drug-likeness (QED) is 0.0730. The Bertz CT molecular complexity index is 1590. The Balaban J connectivity index is 1.43. The van der Waals surface area contributed by atoms with Crippen LogP contribution in [0.5, 0.6) is 11.5 Å². The largest absolute Gasteiger partial charge is 0.504 e. The van der Waals surface area contributed by atoms with Crippen molar-refractivity contribution in [2.24, 2.45) is 0 Å². The normalized spacial score (nSPS) is 18.2. The number of nitrogen functional groups attached to an aromatic ring is 1. The average Bonchev–Trinajstić information content (AvgIpc) is 3.36. The molecule has 0 unspecified atom stereocenters. The molecule has 206 valence electrons. The fraction of sp³-hybridized carbons (Fsp3) is 0.208. The van der Waals surface area contributed by atoms with Gasteiger partial charge in [0.25, 0.3) is 11.8 Å². The molecular formula is C24H20N6O7S3. The first-order valence-electron chi connectivity index (χ1n) is 11.5. The first-order chi connectivity index (χ1) is 19.1. The summed E-state index contributed by atoms with van der Waals surface area (Å²) < 4.78 is 0. The van der Waals surface area contributed by atoms with Crippen molar-refractivity contribution in [2.45, 2.75) is 23.4 Å². The van der Waals surface area contributed by atoms with E-state index in [4.69, 9.17) is 5.73 Å². The maximum atomic E-state index is 13.3. The molecule has 0 saturated carbocycles. The Morgan fingerprint density at radius 2 is 2.05 bits per heavy atom. The standard InChI is InChI=1S/C24H20N6O7S3/c1-10-26-5-13(11-2-3-14(32)15(33)4-11)20(27-10)38-7-12-8-39-22-19(21(35)30(22)18(12)23(36)37)29(17(34)6-31)16-9-40-24(25)28-16/h2-6,9,19,22,32-33H,7-8H2,1H3,(H2,25,28)(H,36,37)/t19-,22-/m1/s1. The Hall–Kier alpha value is -4.15. The van der Waals surface area contributed by atoms with Crippen molar-refractivity contribution >= 4 is 69.9 Å². The van der Waals surface area contributed by atoms with Gasteiger partial charge in [0, 0.05) is 28.6 Å². The number of nitrogens with zero attached hydrogens (tertiary/aromatic N) is 5. The monoisotopic (exact) mass is 600 g/mol. The molecule has 2 atom stereocenters. The number of nitrogens with two attached hydrogens (primary N) is 1. The molecule has 2 amide bonds. The van der Waals surface area contributed by atoms with Gasteiger partial charge in [0.2, 0.25) is 6.29 Å². The summed E-state index contributed by atoms with van der Waals surface area (Å²) in [5.41, 5.74) is 7.06. The minimum Gasteiger partial charge on any atom is -0.504 e. The van der Waals surface area contributed by atoms with E-state index in [-0.39, 0.29) is 45.9 Å². The van der Waals surface area contributed by atoms with Gasteiger partial charge in [0.1, 0.15) is 33.8 Å². The molecule has 1 saturated heterocycles. The molecule has 1 aromatic carbocycles. The van der Waals surface area contributed by atoms with Crippen LogP contribution in [0.4, 0.5) is 10.9 Å². The summed E-state index contributed by atoms with van der Waals surface area (Å²) in [5, 5.41) is 31.0. The lowest BCUT2D eigenvalue weighted by Crippen LogP contribution is -2.72. The predicted molar refractivity (Wildman–Crippen MR) is 148 cm³/mol. The minimum absolute atomic E-state index is 0.0485. The van der Waals surface area contributed by atoms with E-state index in [2.05, 4.69) is 15.0 Å². The fourth-order valence-corrected chi connectivity index (χ4v) is 7.45. The number of thiazole rings is 1. The summed E-state index contributed by atoms with van der Waals surface area (Å²) in [6, 6.07) is 3.19. The van der Waals surface area contributed by atoms with Crippen LogP contribution < -0.4 is 10.6 Å². The third kappa shape index (κ3) is 4.84. The summed E-state index contributed by atoms with van der Waals surface area (Å²) in [6.07, 6.45) is 1.64. The molecule has 4 heterocycles. The van der Waals surface area contributed by atoms with E-state index in [1.165, 1.54) is 41.0 Å². The number of fused-ring (bicyclic) bond motifs is 1. The molecule has 5 rings (SSSR count). The Morgan fingerprint density at radius 3 is 2.70 bits per heavy atom. The highest BCUT2D eigenvalue weighted by Crippen LogP contribution is 2.45. The van der Waals surface area contributed by atoms with Gasteiger partial charge in [-0.05, 0) is 30.2 Å². The Kier molecular flexibility index (Phi) is 7.39. The van der Waals surface area contributed by atoms with Crippen molar-refractivity contribution in [3.63, 3.8) is 0 Å². The van der Waals surface area contributed by atoms with Crippen molar-refractivity contribution in [3.8, 4) is 22.6 Å². The third-order valence-electron chi connectivity index (χ3n) is 6.14. The SMILES string of the molecule is Cc1ncc(-c2ccc(O)c(O)c2)c(SCC2=C(C(=O)O)N3C(=O)[C@@H](N(C(=O)C=O)c4csc(N)n4)[C@H]3SC2)n1. The molecule has 16 heteroatoms. The molecule has 40 heavy (non-hydrogen) atoms. The number of anilines is 2. The zero-order valence-corrected chi connectivity index (χ0v) is 23.0. The second kappa shape index (κ2) is 10.8. The molecule has 0 spiro atoms. The first kappa shape index (κ1) is 27.4. The number of aryl methyl sites for hydroxylation is 1. The molecular weight excluding hydrogens is 581 g/mol. The fourth-order valence-electron chi connectivity index (χ4n) is 4.32. The number of carboxylic acid groups (broad SMARTS) is 1. The first-order valence-corrected chi connectivity index (χ1v) is 14.4. The highest BCUT2D eigenvalue weighted by Gasteiger charge is 2.57. The summed E-state index contributed by atoms with van der Waals surface area (Å²) in [5.74, 6) is -2.61. The number of benzene rings is 1. The molecule has 13 nitrogen and oxygen atoms in total. The van der Waals surface area contributed by atoms with E-state index in [9.17, 15) is 34.5 Å². The number of aromatic nitrogens is 3. The summed E-state index contributed by atoms with van der Waals surface area (Å²) in [6.45, 7) is 1.70. The zero-order valence-electron chi connectivity index (χ0n) is 20.5. The van der Waals surface area contributed by atoms with Crippen LogP contribution in [0.3, 0.4) is 0 Å². The lowest BCUT2D eigenvalue weighted by molar-refractivity contribution is -0.149. The van der Waals surface area contributed by atoms with Crippen LogP contribution in [0.25, 0.3) is 11.1 Å². The molecule has 0 aliphatic carbocycles. The van der Waals surface area contributed by atoms with Gasteiger partial charge in [0.05, 0.1) is 0 Å². The number of aromatic hydroxyl groups is 2. The van der Waals surface area contributed by atoms with Crippen molar-refractivity contribution in [1.82, 2.24) is 19.9 Å². The van der Waals surface area contributed by atoms with Crippen LogP contribution in [-0.2, 0) is 19.2 Å². The van der Waals surface area contributed by atoms with Crippen LogP contribution >= 0.6 is 34.9 Å². The number of carbonyl (C=O) groups is 4.